The molecule has 0 aliphatic heterocycles. The molecule has 0 radical (unpaired) electrons. The molecule has 0 saturated carbocycles. The number of nitrogens with zero attached hydrogens (tertiary/aromatic N) is 1. The van der Waals surface area contributed by atoms with Gasteiger partial charge in [0.05, 0.1) is 0 Å². The number of benzene rings is 1. The van der Waals surface area contributed by atoms with E-state index in [9.17, 15) is 0 Å². The molecule has 1 aromatic rings. The highest BCUT2D eigenvalue weighted by Gasteiger charge is 2.10. The second kappa shape index (κ2) is 8.20. The van der Waals surface area contributed by atoms with Crippen molar-refractivity contribution in [1.29, 1.82) is 0 Å². The van der Waals surface area contributed by atoms with Crippen LogP contribution in [-0.2, 0) is 0 Å². The molecule has 1 rings (SSSR count). The predicted molar refractivity (Wildman–Crippen MR) is 85.5 cm³/mol. The number of hydrogen-bond donors (Lipinski definition) is 1. The Labute approximate surface area is 124 Å². The van der Waals surface area contributed by atoms with Crippen LogP contribution >= 0.6 is 27.7 Å². The van der Waals surface area contributed by atoms with Crippen molar-refractivity contribution in [3.8, 4) is 0 Å². The van der Waals surface area contributed by atoms with E-state index in [2.05, 4.69) is 72.3 Å². The van der Waals surface area contributed by atoms with Gasteiger partial charge in [-0.1, -0.05) is 22.9 Å². The zero-order valence-electron chi connectivity index (χ0n) is 11.7. The van der Waals surface area contributed by atoms with Gasteiger partial charge in [0, 0.05) is 27.7 Å². The van der Waals surface area contributed by atoms with Crippen LogP contribution < -0.4 is 5.32 Å². The van der Waals surface area contributed by atoms with E-state index in [1.54, 1.807) is 0 Å². The van der Waals surface area contributed by atoms with Crippen molar-refractivity contribution in [2.45, 2.75) is 24.8 Å². The smallest absolute Gasteiger partial charge is 0.0303 e. The summed E-state index contributed by atoms with van der Waals surface area (Å²) in [5, 5.41) is 3.48. The van der Waals surface area contributed by atoms with Crippen molar-refractivity contribution in [2.24, 2.45) is 0 Å². The summed E-state index contributed by atoms with van der Waals surface area (Å²) < 4.78 is 1.15. The van der Waals surface area contributed by atoms with Crippen LogP contribution in [0.25, 0.3) is 0 Å². The summed E-state index contributed by atoms with van der Waals surface area (Å²) in [6.45, 7) is 6.47. The summed E-state index contributed by atoms with van der Waals surface area (Å²) in [5.74, 6) is 1.13. The fraction of sp³-hybridized carbons (Fsp3) is 0.571. The average molecular weight is 331 g/mol. The highest BCUT2D eigenvalue weighted by Crippen LogP contribution is 2.30. The molecule has 2 nitrogen and oxygen atoms in total. The highest BCUT2D eigenvalue weighted by atomic mass is 79.9. The highest BCUT2D eigenvalue weighted by molar-refractivity contribution is 9.10. The zero-order chi connectivity index (χ0) is 13.5. The Kier molecular flexibility index (Phi) is 7.30. The Morgan fingerprint density at radius 1 is 1.39 bits per heavy atom. The first-order chi connectivity index (χ1) is 8.54. The van der Waals surface area contributed by atoms with Crippen LogP contribution in [0.4, 0.5) is 0 Å². The molecule has 0 heterocycles. The first-order valence-electron chi connectivity index (χ1n) is 6.35. The van der Waals surface area contributed by atoms with E-state index in [0.717, 1.165) is 23.3 Å². The van der Waals surface area contributed by atoms with Gasteiger partial charge in [0.2, 0.25) is 0 Å². The molecule has 0 spiro atoms. The van der Waals surface area contributed by atoms with Gasteiger partial charge in [0.1, 0.15) is 0 Å². The third kappa shape index (κ3) is 5.31. The molecule has 0 aliphatic rings. The third-order valence-electron chi connectivity index (χ3n) is 2.74. The molecule has 0 amide bonds. The fourth-order valence-electron chi connectivity index (χ4n) is 1.74. The van der Waals surface area contributed by atoms with Crippen LogP contribution in [-0.4, -0.2) is 37.8 Å². The molecule has 1 unspecified atom stereocenters. The van der Waals surface area contributed by atoms with E-state index in [1.165, 1.54) is 10.5 Å². The lowest BCUT2D eigenvalue weighted by Crippen LogP contribution is -2.19. The maximum Gasteiger partial charge on any atom is 0.0303 e. The monoisotopic (exact) mass is 330 g/mol. The van der Waals surface area contributed by atoms with Gasteiger partial charge in [-0.2, -0.15) is 0 Å². The summed E-state index contributed by atoms with van der Waals surface area (Å²) in [6, 6.07) is 6.97. The fourth-order valence-corrected chi connectivity index (χ4v) is 3.37. The quantitative estimate of drug-likeness (QED) is 0.766. The summed E-state index contributed by atoms with van der Waals surface area (Å²) in [6.07, 6.45) is 0. The van der Waals surface area contributed by atoms with E-state index in [-0.39, 0.29) is 0 Å². The van der Waals surface area contributed by atoms with Crippen LogP contribution in [0.1, 0.15) is 25.5 Å². The van der Waals surface area contributed by atoms with E-state index in [4.69, 9.17) is 0 Å². The zero-order valence-corrected chi connectivity index (χ0v) is 14.1. The molecule has 1 N–H and O–H groups in total. The number of hydrogen-bond acceptors (Lipinski definition) is 3. The number of rotatable bonds is 7. The molecule has 102 valence electrons. The molecule has 0 fully saturated rings. The van der Waals surface area contributed by atoms with Gasteiger partial charge >= 0.3 is 0 Å². The van der Waals surface area contributed by atoms with Crippen molar-refractivity contribution < 1.29 is 0 Å². The van der Waals surface area contributed by atoms with Gasteiger partial charge in [-0.25, -0.2) is 0 Å². The van der Waals surface area contributed by atoms with Crippen molar-refractivity contribution >= 4 is 27.7 Å². The van der Waals surface area contributed by atoms with Gasteiger partial charge in [0.25, 0.3) is 0 Å². The second-order valence-corrected chi connectivity index (χ2v) is 6.67. The molecule has 0 bridgehead atoms. The number of thioether (sulfide) groups is 1. The average Bonchev–Trinajstić information content (AvgIpc) is 2.31. The first-order valence-corrected chi connectivity index (χ1v) is 8.12. The van der Waals surface area contributed by atoms with Crippen molar-refractivity contribution in [2.75, 3.05) is 32.9 Å². The SMILES string of the molecule is CCNC(C)c1cc(Br)ccc1SCCN(C)C. The maximum atomic E-state index is 3.56. The standard InChI is InChI=1S/C14H23BrN2S/c1-5-16-11(2)13-10-12(15)6-7-14(13)18-9-8-17(3)4/h6-7,10-11,16H,5,8-9H2,1-4H3. The molecule has 1 atom stereocenters. The molecule has 0 aromatic heterocycles. The van der Waals surface area contributed by atoms with Crippen molar-refractivity contribution in [3.05, 3.63) is 28.2 Å². The maximum absolute atomic E-state index is 3.56. The number of nitrogens with one attached hydrogen (secondary N) is 1. The van der Waals surface area contributed by atoms with Crippen LogP contribution in [0.5, 0.6) is 0 Å². The first kappa shape index (κ1) is 16.0. The Balaban J connectivity index is 2.76. The lowest BCUT2D eigenvalue weighted by atomic mass is 10.1. The number of halogens is 1. The van der Waals surface area contributed by atoms with Crippen LogP contribution in [0, 0.1) is 0 Å². The lowest BCUT2D eigenvalue weighted by molar-refractivity contribution is 0.437. The Hall–Kier alpha value is -0.0300. The van der Waals surface area contributed by atoms with E-state index < -0.39 is 0 Å². The Morgan fingerprint density at radius 3 is 2.72 bits per heavy atom. The third-order valence-corrected chi connectivity index (χ3v) is 4.31. The summed E-state index contributed by atoms with van der Waals surface area (Å²) in [7, 11) is 4.23. The second-order valence-electron chi connectivity index (χ2n) is 4.61. The largest absolute Gasteiger partial charge is 0.310 e. The van der Waals surface area contributed by atoms with Crippen molar-refractivity contribution in [1.82, 2.24) is 10.2 Å². The normalized spacial score (nSPS) is 13.0. The molecule has 4 heteroatoms. The minimum Gasteiger partial charge on any atom is -0.310 e. The molecular formula is C14H23BrN2S. The Morgan fingerprint density at radius 2 is 2.11 bits per heavy atom. The van der Waals surface area contributed by atoms with Crippen LogP contribution in [0.2, 0.25) is 0 Å². The molecule has 1 aromatic carbocycles. The topological polar surface area (TPSA) is 15.3 Å². The molecular weight excluding hydrogens is 308 g/mol. The minimum absolute atomic E-state index is 0.398. The van der Waals surface area contributed by atoms with E-state index in [1.807, 2.05) is 11.8 Å². The van der Waals surface area contributed by atoms with E-state index in [0.29, 0.717) is 6.04 Å². The van der Waals surface area contributed by atoms with Crippen molar-refractivity contribution in [3.63, 3.8) is 0 Å². The van der Waals surface area contributed by atoms with E-state index >= 15 is 0 Å². The molecule has 18 heavy (non-hydrogen) atoms. The minimum atomic E-state index is 0.398. The van der Waals surface area contributed by atoms with Gasteiger partial charge < -0.3 is 10.2 Å². The lowest BCUT2D eigenvalue weighted by Gasteiger charge is -2.18. The van der Waals surface area contributed by atoms with Gasteiger partial charge in [-0.15, -0.1) is 11.8 Å². The molecule has 0 aliphatic carbocycles. The predicted octanol–water partition coefficient (Wildman–Crippen LogP) is 3.77. The summed E-state index contributed by atoms with van der Waals surface area (Å²) in [5.41, 5.74) is 1.38. The Bertz CT molecular complexity index is 369. The summed E-state index contributed by atoms with van der Waals surface area (Å²) >= 11 is 5.50. The van der Waals surface area contributed by atoms with Gasteiger partial charge in [-0.3, -0.25) is 0 Å². The van der Waals surface area contributed by atoms with Gasteiger partial charge in [-0.05, 0) is 51.3 Å². The molecule has 0 saturated heterocycles. The van der Waals surface area contributed by atoms with Crippen LogP contribution in [0.15, 0.2) is 27.6 Å². The van der Waals surface area contributed by atoms with Crippen LogP contribution in [0.3, 0.4) is 0 Å². The van der Waals surface area contributed by atoms with Gasteiger partial charge in [0.15, 0.2) is 0 Å². The summed E-state index contributed by atoms with van der Waals surface area (Å²) in [4.78, 5) is 3.60.